The summed E-state index contributed by atoms with van der Waals surface area (Å²) in [5.41, 5.74) is 0.495. The van der Waals surface area contributed by atoms with Crippen LogP contribution in [-0.4, -0.2) is 5.78 Å². The van der Waals surface area contributed by atoms with E-state index in [1.54, 1.807) is 24.3 Å². The van der Waals surface area contributed by atoms with Crippen molar-refractivity contribution in [2.45, 2.75) is 19.3 Å². The van der Waals surface area contributed by atoms with Crippen LogP contribution >= 0.6 is 34.5 Å². The highest BCUT2D eigenvalue weighted by Gasteiger charge is 2.25. The van der Waals surface area contributed by atoms with Crippen LogP contribution in [0.25, 0.3) is 0 Å². The van der Waals surface area contributed by atoms with Crippen molar-refractivity contribution < 1.29 is 4.79 Å². The first kappa shape index (κ1) is 15.1. The van der Waals surface area contributed by atoms with Gasteiger partial charge in [0.25, 0.3) is 0 Å². The number of halogens is 2. The maximum Gasteiger partial charge on any atom is 0.194 e. The van der Waals surface area contributed by atoms with Crippen LogP contribution in [-0.2, 0) is 6.42 Å². The van der Waals surface area contributed by atoms with Gasteiger partial charge in [0.15, 0.2) is 5.78 Å². The van der Waals surface area contributed by atoms with Gasteiger partial charge in [0.1, 0.15) is 5.92 Å². The number of hydrogen-bond donors (Lipinski definition) is 0. The van der Waals surface area contributed by atoms with Crippen molar-refractivity contribution in [3.05, 3.63) is 55.7 Å². The van der Waals surface area contributed by atoms with Crippen LogP contribution in [0, 0.1) is 11.3 Å². The standard InChI is InChI=1S/C15H11Cl2NOS/c1-2-10-4-6-14(20-10)15(19)12(8-18)11-5-3-9(16)7-13(11)17/h3-7,12H,2H2,1H3. The SMILES string of the molecule is CCc1ccc(C(=O)C(C#N)c2ccc(Cl)cc2Cl)s1. The topological polar surface area (TPSA) is 40.9 Å². The van der Waals surface area contributed by atoms with Gasteiger partial charge in [0, 0.05) is 14.9 Å². The fourth-order valence-corrected chi connectivity index (χ4v) is 3.28. The molecule has 0 saturated heterocycles. The number of nitriles is 1. The number of aryl methyl sites for hydroxylation is 1. The number of hydrogen-bond acceptors (Lipinski definition) is 3. The maximum absolute atomic E-state index is 12.4. The number of nitrogens with zero attached hydrogens (tertiary/aromatic N) is 1. The molecule has 0 aliphatic heterocycles. The average molecular weight is 324 g/mol. The third kappa shape index (κ3) is 3.04. The van der Waals surface area contributed by atoms with Crippen LogP contribution in [0.4, 0.5) is 0 Å². The number of ketones is 1. The smallest absolute Gasteiger partial charge is 0.194 e. The van der Waals surface area contributed by atoms with Gasteiger partial charge in [-0.1, -0.05) is 36.2 Å². The van der Waals surface area contributed by atoms with Crippen molar-refractivity contribution in [2.24, 2.45) is 0 Å². The van der Waals surface area contributed by atoms with Gasteiger partial charge in [0.2, 0.25) is 0 Å². The Hall–Kier alpha value is -1.34. The summed E-state index contributed by atoms with van der Waals surface area (Å²) in [5.74, 6) is -1.12. The predicted molar refractivity (Wildman–Crippen MR) is 82.8 cm³/mol. The minimum atomic E-state index is -0.900. The summed E-state index contributed by atoms with van der Waals surface area (Å²) >= 11 is 13.3. The van der Waals surface area contributed by atoms with Crippen LogP contribution in [0.1, 0.15) is 33.0 Å². The Kier molecular flexibility index (Phi) is 4.82. The number of benzene rings is 1. The van der Waals surface area contributed by atoms with E-state index in [1.807, 2.05) is 19.1 Å². The van der Waals surface area contributed by atoms with Gasteiger partial charge >= 0.3 is 0 Å². The van der Waals surface area contributed by atoms with E-state index in [1.165, 1.54) is 11.3 Å². The zero-order valence-corrected chi connectivity index (χ0v) is 13.0. The van der Waals surface area contributed by atoms with Gasteiger partial charge < -0.3 is 0 Å². The molecule has 1 atom stereocenters. The van der Waals surface area contributed by atoms with Gasteiger partial charge in [-0.05, 0) is 36.2 Å². The van der Waals surface area contributed by atoms with Crippen LogP contribution < -0.4 is 0 Å². The lowest BCUT2D eigenvalue weighted by Gasteiger charge is -2.09. The van der Waals surface area contributed by atoms with E-state index in [2.05, 4.69) is 0 Å². The molecule has 0 aliphatic carbocycles. The predicted octanol–water partition coefficient (Wildman–Crippen LogP) is 5.11. The molecule has 0 amide bonds. The Morgan fingerprint density at radius 2 is 2.10 bits per heavy atom. The summed E-state index contributed by atoms with van der Waals surface area (Å²) < 4.78 is 0. The molecule has 1 heterocycles. The average Bonchev–Trinajstić information content (AvgIpc) is 2.90. The minimum Gasteiger partial charge on any atom is -0.291 e. The van der Waals surface area contributed by atoms with E-state index in [9.17, 15) is 10.1 Å². The van der Waals surface area contributed by atoms with Crippen molar-refractivity contribution in [3.63, 3.8) is 0 Å². The molecule has 0 N–H and O–H groups in total. The van der Waals surface area contributed by atoms with Crippen molar-refractivity contribution in [2.75, 3.05) is 0 Å². The molecule has 0 aliphatic rings. The second kappa shape index (κ2) is 6.41. The Morgan fingerprint density at radius 1 is 1.35 bits per heavy atom. The number of carbonyl (C=O) groups excluding carboxylic acids is 1. The molecular formula is C15H11Cl2NOS. The minimum absolute atomic E-state index is 0.221. The quantitative estimate of drug-likeness (QED) is 0.734. The summed E-state index contributed by atoms with van der Waals surface area (Å²) in [6, 6.07) is 10.5. The summed E-state index contributed by atoms with van der Waals surface area (Å²) in [7, 11) is 0. The van der Waals surface area contributed by atoms with Crippen LogP contribution in [0.15, 0.2) is 30.3 Å². The first-order chi connectivity index (χ1) is 9.56. The molecular weight excluding hydrogens is 313 g/mol. The Bertz CT molecular complexity index is 687. The monoisotopic (exact) mass is 323 g/mol. The van der Waals surface area contributed by atoms with Gasteiger partial charge in [-0.3, -0.25) is 4.79 Å². The Balaban J connectivity index is 2.37. The van der Waals surface area contributed by atoms with E-state index >= 15 is 0 Å². The van der Waals surface area contributed by atoms with Crippen LogP contribution in [0.3, 0.4) is 0 Å². The summed E-state index contributed by atoms with van der Waals surface area (Å²) in [5, 5.41) is 10.1. The highest BCUT2D eigenvalue weighted by Crippen LogP contribution is 2.31. The second-order valence-corrected chi connectivity index (χ2v) is 6.22. The number of Topliss-reactive ketones (excluding diaryl/α,β-unsaturated/α-hetero) is 1. The molecule has 2 aromatic rings. The fourth-order valence-electron chi connectivity index (χ4n) is 1.85. The maximum atomic E-state index is 12.4. The van der Waals surface area contributed by atoms with Crippen LogP contribution in [0.2, 0.25) is 10.0 Å². The molecule has 20 heavy (non-hydrogen) atoms. The Morgan fingerprint density at radius 3 is 2.65 bits per heavy atom. The highest BCUT2D eigenvalue weighted by molar-refractivity contribution is 7.14. The van der Waals surface area contributed by atoms with E-state index in [4.69, 9.17) is 23.2 Å². The molecule has 102 valence electrons. The lowest BCUT2D eigenvalue weighted by Crippen LogP contribution is -2.10. The van der Waals surface area contributed by atoms with Crippen LogP contribution in [0.5, 0.6) is 0 Å². The van der Waals surface area contributed by atoms with Crippen molar-refractivity contribution in [3.8, 4) is 6.07 Å². The molecule has 0 spiro atoms. The molecule has 2 rings (SSSR count). The summed E-state index contributed by atoms with van der Waals surface area (Å²) in [6.07, 6.45) is 0.872. The van der Waals surface area contributed by atoms with E-state index < -0.39 is 5.92 Å². The van der Waals surface area contributed by atoms with E-state index in [-0.39, 0.29) is 5.78 Å². The zero-order valence-electron chi connectivity index (χ0n) is 10.7. The fraction of sp³-hybridized carbons (Fsp3) is 0.200. The molecule has 5 heteroatoms. The number of carbonyl (C=O) groups is 1. The van der Waals surface area contributed by atoms with Crippen molar-refractivity contribution in [1.29, 1.82) is 5.26 Å². The second-order valence-electron chi connectivity index (χ2n) is 4.21. The Labute approximate surface area is 131 Å². The zero-order chi connectivity index (χ0) is 14.7. The first-order valence-corrected chi connectivity index (χ1v) is 7.61. The molecule has 0 saturated carbocycles. The molecule has 1 unspecified atom stereocenters. The van der Waals surface area contributed by atoms with Crippen molar-refractivity contribution in [1.82, 2.24) is 0 Å². The largest absolute Gasteiger partial charge is 0.291 e. The summed E-state index contributed by atoms with van der Waals surface area (Å²) in [6.45, 7) is 2.03. The molecule has 0 radical (unpaired) electrons. The van der Waals surface area contributed by atoms with Gasteiger partial charge in [-0.25, -0.2) is 0 Å². The lowest BCUT2D eigenvalue weighted by atomic mass is 9.95. The number of rotatable bonds is 4. The van der Waals surface area contributed by atoms with Gasteiger partial charge in [-0.15, -0.1) is 11.3 Å². The normalized spacial score (nSPS) is 11.9. The third-order valence-corrected chi connectivity index (χ3v) is 4.72. The lowest BCUT2D eigenvalue weighted by molar-refractivity contribution is 0.0983. The molecule has 0 fully saturated rings. The highest BCUT2D eigenvalue weighted by atomic mass is 35.5. The van der Waals surface area contributed by atoms with E-state index in [0.29, 0.717) is 20.5 Å². The van der Waals surface area contributed by atoms with Gasteiger partial charge in [-0.2, -0.15) is 5.26 Å². The molecule has 1 aromatic carbocycles. The molecule has 1 aromatic heterocycles. The summed E-state index contributed by atoms with van der Waals surface area (Å²) in [4.78, 5) is 14.1. The number of thiophene rings is 1. The third-order valence-electron chi connectivity index (χ3n) is 2.92. The van der Waals surface area contributed by atoms with Gasteiger partial charge in [0.05, 0.1) is 10.9 Å². The first-order valence-electron chi connectivity index (χ1n) is 6.04. The molecule has 0 bridgehead atoms. The van der Waals surface area contributed by atoms with Crippen molar-refractivity contribution >= 4 is 40.3 Å². The molecule has 2 nitrogen and oxygen atoms in total. The van der Waals surface area contributed by atoms with E-state index in [0.717, 1.165) is 11.3 Å².